The SMILES string of the molecule is [2H]C([2H])([2H])c1cccc(C([2H])([2H])[2H])c1-c1ccc[n+](C)c1-c1c(C)ccc2c1oc1nc(C)ccc12.[2H]C([2H])([2H])c1ccccc1-c1ccc[n+](C)c1-c1c(C)ccc2c1oc1nc(C)ccc12.[2H]C([2H])(c1ccc[n+](C)c1-c1c(C)ccc2c1oc1ncccc12)C1CCCC1.[2H]C([2H])(c1ccc[n+](C)c1-c1c(C)ccc2c1oc1ncccc12)C1CCCCC1.[2H]C1(c2ccc[n+](C)c2-c2c(C)ccc3c2oc2ncccc23)CCCC1. The molecular weight excluding hydrogens is 1720 g/mol. The van der Waals surface area contributed by atoms with E-state index in [-0.39, 0.29) is 28.5 Å². The van der Waals surface area contributed by atoms with E-state index in [0.29, 0.717) is 56.5 Å². The number of rotatable bonds is 12. The zero-order valence-electron chi connectivity index (χ0n) is 95.3. The molecule has 0 radical (unpaired) electrons. The van der Waals surface area contributed by atoms with Crippen molar-refractivity contribution in [3.63, 3.8) is 0 Å². The fourth-order valence-corrected chi connectivity index (χ4v) is 21.6. The molecule has 0 unspecified atom stereocenters. The maximum Gasteiger partial charge on any atom is 0.227 e. The summed E-state index contributed by atoms with van der Waals surface area (Å²) in [4.78, 5) is 22.3. The first kappa shape index (κ1) is 76.1. The quantitative estimate of drug-likeness (QED) is 0.108. The molecule has 3 aliphatic rings. The topological polar surface area (TPSA) is 150 Å². The van der Waals surface area contributed by atoms with E-state index >= 15 is 0 Å². The third-order valence-corrected chi connectivity index (χ3v) is 28.5. The number of hydrogen-bond acceptors (Lipinski definition) is 10. The predicted octanol–water partition coefficient (Wildman–Crippen LogP) is 29.3. The molecule has 3 saturated carbocycles. The van der Waals surface area contributed by atoms with Crippen molar-refractivity contribution in [2.45, 2.75) is 171 Å². The Morgan fingerprint density at radius 1 is 0.279 bits per heavy atom. The fraction of sp³-hybridized carbons (Fsp3) is 0.264. The van der Waals surface area contributed by atoms with Crippen molar-refractivity contribution in [1.29, 1.82) is 0 Å². The molecule has 3 fully saturated rings. The fourth-order valence-electron chi connectivity index (χ4n) is 21.6. The van der Waals surface area contributed by atoms with Gasteiger partial charge in [0.05, 0.1) is 38.9 Å². The van der Waals surface area contributed by atoms with Gasteiger partial charge < -0.3 is 22.1 Å². The molecule has 15 aromatic heterocycles. The lowest BCUT2D eigenvalue weighted by molar-refractivity contribution is -0.660. The van der Waals surface area contributed by atoms with Crippen LogP contribution in [0.3, 0.4) is 0 Å². The molecule has 15 nitrogen and oxygen atoms in total. The number of fused-ring (bicyclic) bond motifs is 15. The molecule has 140 heavy (non-hydrogen) atoms. The van der Waals surface area contributed by atoms with Crippen LogP contribution in [-0.4, -0.2) is 24.9 Å². The molecule has 3 aliphatic carbocycles. The summed E-state index contributed by atoms with van der Waals surface area (Å²) in [5.74, 6) is -0.419. The largest absolute Gasteiger partial charge is 0.437 e. The summed E-state index contributed by atoms with van der Waals surface area (Å²) in [5, 5.41) is 9.86. The van der Waals surface area contributed by atoms with Crippen molar-refractivity contribution in [2.24, 2.45) is 47.1 Å². The molecule has 698 valence electrons. The summed E-state index contributed by atoms with van der Waals surface area (Å²) in [7, 11) is 9.88. The third kappa shape index (κ3) is 17.2. The molecule has 0 aliphatic heterocycles. The molecule has 0 N–H and O–H groups in total. The lowest BCUT2D eigenvalue weighted by atomic mass is 9.83. The lowest BCUT2D eigenvalue weighted by Gasteiger charge is -2.22. The van der Waals surface area contributed by atoms with Gasteiger partial charge in [-0.2, -0.15) is 0 Å². The Bertz CT molecular complexity index is 9180. The highest BCUT2D eigenvalue weighted by atomic mass is 16.4. The van der Waals surface area contributed by atoms with Gasteiger partial charge in [0.1, 0.15) is 35.2 Å². The maximum atomic E-state index is 9.14. The summed E-state index contributed by atoms with van der Waals surface area (Å²) in [5.41, 5.74) is 28.2. The van der Waals surface area contributed by atoms with E-state index < -0.39 is 39.2 Å². The lowest BCUT2D eigenvalue weighted by Crippen LogP contribution is -2.32. The van der Waals surface area contributed by atoms with Gasteiger partial charge in [-0.25, -0.2) is 47.8 Å². The highest BCUT2D eigenvalue weighted by Gasteiger charge is 2.35. The van der Waals surface area contributed by atoms with Crippen LogP contribution in [0.15, 0.2) is 296 Å². The number of hydrogen-bond donors (Lipinski definition) is 0. The molecule has 15 heterocycles. The molecule has 22 aromatic rings. The third-order valence-electron chi connectivity index (χ3n) is 28.5. The van der Waals surface area contributed by atoms with Crippen LogP contribution < -0.4 is 22.8 Å². The molecule has 0 bridgehead atoms. The van der Waals surface area contributed by atoms with Gasteiger partial charge in [0.2, 0.25) is 57.0 Å². The number of aromatic nitrogens is 10. The highest BCUT2D eigenvalue weighted by Crippen LogP contribution is 2.48. The zero-order valence-corrected chi connectivity index (χ0v) is 81.3. The van der Waals surface area contributed by atoms with E-state index in [1.165, 1.54) is 24.6 Å². The molecule has 0 amide bonds. The van der Waals surface area contributed by atoms with Crippen molar-refractivity contribution < 1.29 is 64.1 Å². The van der Waals surface area contributed by atoms with Crippen molar-refractivity contribution in [1.82, 2.24) is 24.9 Å². The zero-order chi connectivity index (χ0) is 108. The second-order valence-corrected chi connectivity index (χ2v) is 38.0. The van der Waals surface area contributed by atoms with Crippen LogP contribution in [0.2, 0.25) is 0 Å². The van der Waals surface area contributed by atoms with Gasteiger partial charge in [0, 0.05) is 150 Å². The molecule has 0 saturated heterocycles. The van der Waals surface area contributed by atoms with Crippen LogP contribution >= 0.6 is 0 Å². The second kappa shape index (κ2) is 38.8. The van der Waals surface area contributed by atoms with E-state index in [4.69, 9.17) is 41.3 Å². The second-order valence-electron chi connectivity index (χ2n) is 38.0. The molecular formula is C125H123N10O5+5. The standard InChI is InChI=1S/C27H25N2O.C26H23N2O.C25H27N2O.C24H25N2O.C23H23N2O/c1-16-8-6-9-17(2)23(16)22-10-7-15-29(5)25(22)24-18(3)11-13-20-21-14-12-19(4)28-27(21)30-26(20)24;1-16-8-5-6-9-19(16)20-10-7-15-28(4)24(20)23-17(2)11-13-21-22-14-12-18(3)27-26(22)29-25(21)23;1-17-12-13-20-21-11-6-14-26-25(21)28-24(20)22(17)23-19(10-7-15-27(23)2)16-18-8-4-3-5-9-18;1-16-11-12-19-20-10-5-13-25-24(20)27-23(19)21(16)22-18(9-6-14-26(22)2)15-17-7-3-4-8-17;1-15-11-12-18-19-9-5-13-24-23(19)26-22(18)20(15)21-17(10-6-14-25(21)2)16-7-3-4-8-16/h6-15H,1-5H3;5-15H,1-4H3;6-7,10-15,18H,3-5,8-9,16H2,1-2H3;5-6,9-14,17H,3-4,7-8,15H2,1-2H3;5-6,9-14,16H,3-4,7-8H2,1-2H3/q5*+1/i1D3,2D3;1D3;16D2;15D2;16D. The molecule has 7 aromatic carbocycles. The Labute approximate surface area is 838 Å². The number of benzene rings is 7. The van der Waals surface area contributed by atoms with Crippen molar-refractivity contribution in [2.75, 3.05) is 0 Å². The van der Waals surface area contributed by atoms with Gasteiger partial charge in [-0.15, -0.1) is 0 Å². The minimum Gasteiger partial charge on any atom is -0.437 e. The van der Waals surface area contributed by atoms with Gasteiger partial charge in [-0.05, 0) is 259 Å². The molecule has 25 rings (SSSR count). The monoisotopic (exact) mass is 1860 g/mol. The number of pyridine rings is 10. The Balaban J connectivity index is 0.000000112. The normalized spacial score (nSPS) is 15.9. The maximum absolute atomic E-state index is 9.14. The van der Waals surface area contributed by atoms with Crippen LogP contribution in [0.5, 0.6) is 0 Å². The van der Waals surface area contributed by atoms with E-state index in [0.717, 1.165) is 265 Å². The molecule has 15 heteroatoms. The number of furan rings is 5. The summed E-state index contributed by atoms with van der Waals surface area (Å²) in [6, 6.07) is 71.7. The minimum atomic E-state index is -2.51. The Hall–Kier alpha value is -15.0. The van der Waals surface area contributed by atoms with Crippen molar-refractivity contribution >= 4 is 110 Å². The molecule has 0 spiro atoms. The van der Waals surface area contributed by atoms with Crippen LogP contribution in [0.25, 0.3) is 189 Å². The smallest absolute Gasteiger partial charge is 0.227 e. The predicted molar refractivity (Wildman–Crippen MR) is 566 cm³/mol. The average molecular weight is 1860 g/mol. The van der Waals surface area contributed by atoms with Gasteiger partial charge in [0.15, 0.2) is 58.9 Å². The summed E-state index contributed by atoms with van der Waals surface area (Å²) in [6.45, 7) is 6.87. The minimum absolute atomic E-state index is 0.00435. The van der Waals surface area contributed by atoms with Gasteiger partial charge >= 0.3 is 0 Å². The number of nitrogens with zero attached hydrogens (tertiary/aromatic N) is 10. The highest BCUT2D eigenvalue weighted by molar-refractivity contribution is 6.14. The molecule has 0 atom stereocenters. The van der Waals surface area contributed by atoms with E-state index in [2.05, 4.69) is 130 Å². The number of aryl methyl sites for hydroxylation is 15. The van der Waals surface area contributed by atoms with Gasteiger partial charge in [-0.1, -0.05) is 174 Å². The summed E-state index contributed by atoms with van der Waals surface area (Å²) < 4.78 is 160. The van der Waals surface area contributed by atoms with Gasteiger partial charge in [-0.3, -0.25) is 0 Å². The first-order chi connectivity index (χ1) is 73.7. The van der Waals surface area contributed by atoms with Crippen LogP contribution in [0.1, 0.15) is 181 Å². The Morgan fingerprint density at radius 2 is 0.600 bits per heavy atom. The Morgan fingerprint density at radius 3 is 1.03 bits per heavy atom. The van der Waals surface area contributed by atoms with Crippen LogP contribution in [-0.2, 0) is 48.0 Å². The van der Waals surface area contributed by atoms with Crippen LogP contribution in [0.4, 0.5) is 0 Å². The summed E-state index contributed by atoms with van der Waals surface area (Å²) >= 11 is 0. The van der Waals surface area contributed by atoms with Crippen molar-refractivity contribution in [3.05, 3.63) is 347 Å². The van der Waals surface area contributed by atoms with Gasteiger partial charge in [0.25, 0.3) is 0 Å². The first-order valence-electron chi connectivity index (χ1n) is 55.8. The van der Waals surface area contributed by atoms with E-state index in [1.807, 2.05) is 214 Å². The Kier molecular flexibility index (Phi) is 21.1. The average Bonchev–Trinajstić information content (AvgIpc) is 1.52. The van der Waals surface area contributed by atoms with Crippen molar-refractivity contribution in [3.8, 4) is 78.5 Å². The van der Waals surface area contributed by atoms with Crippen LogP contribution in [0, 0.1) is 80.9 Å². The van der Waals surface area contributed by atoms with E-state index in [1.54, 1.807) is 42.9 Å². The van der Waals surface area contributed by atoms with E-state index in [9.17, 15) is 0 Å². The summed E-state index contributed by atoms with van der Waals surface area (Å²) in [6.07, 6.45) is 25.9. The first-order valence-corrected chi connectivity index (χ1v) is 48.8.